The van der Waals surface area contributed by atoms with Gasteiger partial charge in [-0.3, -0.25) is 14.6 Å². The molecule has 1 fully saturated rings. The highest BCUT2D eigenvalue weighted by Gasteiger charge is 2.28. The summed E-state index contributed by atoms with van der Waals surface area (Å²) < 4.78 is 5.51. The molecule has 4 rings (SSSR count). The van der Waals surface area contributed by atoms with Gasteiger partial charge >= 0.3 is 0 Å². The van der Waals surface area contributed by atoms with Gasteiger partial charge < -0.3 is 9.64 Å². The van der Waals surface area contributed by atoms with Gasteiger partial charge in [-0.1, -0.05) is 30.3 Å². The summed E-state index contributed by atoms with van der Waals surface area (Å²) in [5.41, 5.74) is 2.14. The van der Waals surface area contributed by atoms with Crippen LogP contribution in [-0.4, -0.2) is 50.3 Å². The van der Waals surface area contributed by atoms with Crippen molar-refractivity contribution in [3.63, 3.8) is 0 Å². The molecule has 0 unspecified atom stereocenters. The van der Waals surface area contributed by atoms with Crippen LogP contribution >= 0.6 is 0 Å². The molecule has 24 heavy (non-hydrogen) atoms. The van der Waals surface area contributed by atoms with Crippen molar-refractivity contribution in [3.05, 3.63) is 54.6 Å². The van der Waals surface area contributed by atoms with Crippen LogP contribution in [0.3, 0.4) is 0 Å². The first-order chi connectivity index (χ1) is 11.8. The van der Waals surface area contributed by atoms with E-state index in [1.807, 2.05) is 35.2 Å². The summed E-state index contributed by atoms with van der Waals surface area (Å²) >= 11 is 0. The number of fused-ring (bicyclic) bond motifs is 1. The molecular formula is C19H21N3O2. The van der Waals surface area contributed by atoms with Crippen LogP contribution in [0.25, 0.3) is 0 Å². The van der Waals surface area contributed by atoms with E-state index in [-0.39, 0.29) is 12.5 Å². The van der Waals surface area contributed by atoms with E-state index in [9.17, 15) is 4.79 Å². The van der Waals surface area contributed by atoms with E-state index in [0.717, 1.165) is 37.6 Å². The molecule has 2 aromatic rings. The van der Waals surface area contributed by atoms with E-state index in [4.69, 9.17) is 4.74 Å². The third-order valence-electron chi connectivity index (χ3n) is 4.64. The van der Waals surface area contributed by atoms with Crippen molar-refractivity contribution in [3.8, 4) is 5.75 Å². The van der Waals surface area contributed by atoms with Crippen molar-refractivity contribution in [2.75, 3.05) is 49.3 Å². The lowest BCUT2D eigenvalue weighted by molar-refractivity contribution is -0.121. The number of piperazine rings is 1. The first-order valence-electron chi connectivity index (χ1n) is 8.36. The number of hydrogen-bond donors (Lipinski definition) is 0. The van der Waals surface area contributed by atoms with E-state index < -0.39 is 0 Å². The Kier molecular flexibility index (Phi) is 4.09. The Morgan fingerprint density at radius 3 is 2.38 bits per heavy atom. The smallest absolute Gasteiger partial charge is 0.266 e. The minimum Gasteiger partial charge on any atom is -0.482 e. The van der Waals surface area contributed by atoms with Crippen LogP contribution in [0.2, 0.25) is 0 Å². The van der Waals surface area contributed by atoms with Crippen molar-refractivity contribution < 1.29 is 9.53 Å². The number of anilines is 2. The van der Waals surface area contributed by atoms with Crippen LogP contribution in [0.1, 0.15) is 0 Å². The number of carbonyl (C=O) groups excluding carboxylic acids is 1. The van der Waals surface area contributed by atoms with Crippen LogP contribution in [0.15, 0.2) is 54.6 Å². The SMILES string of the molecule is O=C1COc2ccccc2N1CN1CCN(c2ccccc2)CC1. The fourth-order valence-corrected chi connectivity index (χ4v) is 3.30. The van der Waals surface area contributed by atoms with E-state index in [2.05, 4.69) is 34.1 Å². The number of rotatable bonds is 3. The molecule has 2 aromatic carbocycles. The number of para-hydroxylation sites is 3. The molecule has 0 spiro atoms. The monoisotopic (exact) mass is 323 g/mol. The minimum absolute atomic E-state index is 0.0270. The number of benzene rings is 2. The zero-order chi connectivity index (χ0) is 16.4. The maximum absolute atomic E-state index is 12.3. The van der Waals surface area contributed by atoms with E-state index in [1.165, 1.54) is 5.69 Å². The van der Waals surface area contributed by atoms with Crippen molar-refractivity contribution in [1.82, 2.24) is 4.90 Å². The van der Waals surface area contributed by atoms with Gasteiger partial charge in [0.2, 0.25) is 0 Å². The summed E-state index contributed by atoms with van der Waals surface area (Å²) in [6.07, 6.45) is 0. The number of carbonyl (C=O) groups is 1. The molecule has 124 valence electrons. The van der Waals surface area contributed by atoms with Crippen LogP contribution < -0.4 is 14.5 Å². The molecule has 0 aliphatic carbocycles. The number of amides is 1. The third-order valence-corrected chi connectivity index (χ3v) is 4.64. The van der Waals surface area contributed by atoms with Crippen molar-refractivity contribution in [2.45, 2.75) is 0 Å². The molecule has 2 heterocycles. The maximum atomic E-state index is 12.3. The first-order valence-corrected chi connectivity index (χ1v) is 8.36. The van der Waals surface area contributed by atoms with Gasteiger partial charge in [-0.15, -0.1) is 0 Å². The number of nitrogens with zero attached hydrogens (tertiary/aromatic N) is 3. The summed E-state index contributed by atoms with van der Waals surface area (Å²) in [4.78, 5) is 18.9. The van der Waals surface area contributed by atoms with Crippen molar-refractivity contribution in [1.29, 1.82) is 0 Å². The fraction of sp³-hybridized carbons (Fsp3) is 0.316. The minimum atomic E-state index is 0.0270. The Morgan fingerprint density at radius 2 is 1.58 bits per heavy atom. The van der Waals surface area contributed by atoms with Crippen molar-refractivity contribution in [2.24, 2.45) is 0 Å². The average molecular weight is 323 g/mol. The Hall–Kier alpha value is -2.53. The van der Waals surface area contributed by atoms with Gasteiger partial charge in [-0.2, -0.15) is 0 Å². The highest BCUT2D eigenvalue weighted by molar-refractivity contribution is 5.97. The first kappa shape index (κ1) is 15.0. The molecule has 0 radical (unpaired) electrons. The van der Waals surface area contributed by atoms with E-state index in [0.29, 0.717) is 6.67 Å². The summed E-state index contributed by atoms with van der Waals surface area (Å²) in [5.74, 6) is 0.819. The molecule has 2 aliphatic heterocycles. The molecule has 0 saturated carbocycles. The Morgan fingerprint density at radius 1 is 0.875 bits per heavy atom. The van der Waals surface area contributed by atoms with Crippen LogP contribution in [0, 0.1) is 0 Å². The predicted octanol–water partition coefficient (Wildman–Crippen LogP) is 2.19. The highest BCUT2D eigenvalue weighted by Crippen LogP contribution is 2.31. The zero-order valence-corrected chi connectivity index (χ0v) is 13.6. The number of hydrogen-bond acceptors (Lipinski definition) is 4. The summed E-state index contributed by atoms with van der Waals surface area (Å²) in [6.45, 7) is 4.60. The second-order valence-corrected chi connectivity index (χ2v) is 6.16. The fourth-order valence-electron chi connectivity index (χ4n) is 3.30. The second-order valence-electron chi connectivity index (χ2n) is 6.16. The molecular weight excluding hydrogens is 302 g/mol. The zero-order valence-electron chi connectivity index (χ0n) is 13.6. The lowest BCUT2D eigenvalue weighted by Crippen LogP contribution is -2.52. The van der Waals surface area contributed by atoms with Crippen molar-refractivity contribution >= 4 is 17.3 Å². The topological polar surface area (TPSA) is 36.0 Å². The van der Waals surface area contributed by atoms with Crippen LogP contribution in [-0.2, 0) is 4.79 Å². The molecule has 0 N–H and O–H groups in total. The average Bonchev–Trinajstić information content (AvgIpc) is 2.65. The molecule has 1 saturated heterocycles. The van der Waals surface area contributed by atoms with Gasteiger partial charge in [0, 0.05) is 31.9 Å². The third kappa shape index (κ3) is 2.95. The molecule has 2 aliphatic rings. The maximum Gasteiger partial charge on any atom is 0.266 e. The van der Waals surface area contributed by atoms with Crippen LogP contribution in [0.5, 0.6) is 5.75 Å². The van der Waals surface area contributed by atoms with Gasteiger partial charge in [-0.05, 0) is 24.3 Å². The van der Waals surface area contributed by atoms with E-state index in [1.54, 1.807) is 0 Å². The highest BCUT2D eigenvalue weighted by atomic mass is 16.5. The normalized spacial score (nSPS) is 18.2. The Bertz CT molecular complexity index is 712. The summed E-state index contributed by atoms with van der Waals surface area (Å²) in [6, 6.07) is 18.2. The molecule has 5 nitrogen and oxygen atoms in total. The van der Waals surface area contributed by atoms with E-state index >= 15 is 0 Å². The Balaban J connectivity index is 1.41. The lowest BCUT2D eigenvalue weighted by atomic mass is 10.2. The summed E-state index contributed by atoms with van der Waals surface area (Å²) in [5, 5.41) is 0. The quantitative estimate of drug-likeness (QED) is 0.867. The standard InChI is InChI=1S/C19H21N3O2/c23-19-14-24-18-9-5-4-8-17(18)22(19)15-20-10-12-21(13-11-20)16-6-2-1-3-7-16/h1-9H,10-15H2. The molecule has 5 heteroatoms. The van der Waals surface area contributed by atoms with Gasteiger partial charge in [0.1, 0.15) is 5.75 Å². The van der Waals surface area contributed by atoms with Gasteiger partial charge in [0.05, 0.1) is 12.4 Å². The lowest BCUT2D eigenvalue weighted by Gasteiger charge is -2.39. The van der Waals surface area contributed by atoms with Gasteiger partial charge in [0.15, 0.2) is 6.61 Å². The predicted molar refractivity (Wildman–Crippen MR) is 94.5 cm³/mol. The second kappa shape index (κ2) is 6.53. The van der Waals surface area contributed by atoms with Gasteiger partial charge in [0.25, 0.3) is 5.91 Å². The van der Waals surface area contributed by atoms with Crippen LogP contribution in [0.4, 0.5) is 11.4 Å². The molecule has 0 aromatic heterocycles. The number of ether oxygens (including phenoxy) is 1. The molecule has 0 atom stereocenters. The molecule has 1 amide bonds. The van der Waals surface area contributed by atoms with Gasteiger partial charge in [-0.25, -0.2) is 0 Å². The Labute approximate surface area is 142 Å². The largest absolute Gasteiger partial charge is 0.482 e. The molecule has 0 bridgehead atoms. The summed E-state index contributed by atoms with van der Waals surface area (Å²) in [7, 11) is 0.